The van der Waals surface area contributed by atoms with Crippen molar-refractivity contribution in [2.75, 3.05) is 19.3 Å². The number of nitrogens with one attached hydrogen (secondary N) is 2. The van der Waals surface area contributed by atoms with Crippen molar-refractivity contribution in [3.63, 3.8) is 0 Å². The van der Waals surface area contributed by atoms with Gasteiger partial charge in [0, 0.05) is 30.3 Å². The highest BCUT2D eigenvalue weighted by Crippen LogP contribution is 2.25. The van der Waals surface area contributed by atoms with Crippen LogP contribution < -0.4 is 10.6 Å². The maximum atomic E-state index is 11.8. The fourth-order valence-corrected chi connectivity index (χ4v) is 2.63. The fraction of sp³-hybridized carbons (Fsp3) is 0.500. The van der Waals surface area contributed by atoms with E-state index in [0.717, 1.165) is 22.3 Å². The molecule has 1 aromatic heterocycles. The summed E-state index contributed by atoms with van der Waals surface area (Å²) in [7, 11) is -3.17. The van der Waals surface area contributed by atoms with Crippen LogP contribution >= 0.6 is 24.0 Å². The summed E-state index contributed by atoms with van der Waals surface area (Å²) in [6.07, 6.45) is 1.25. The van der Waals surface area contributed by atoms with E-state index in [1.54, 1.807) is 13.8 Å². The summed E-state index contributed by atoms with van der Waals surface area (Å²) >= 11 is 0. The van der Waals surface area contributed by atoms with Gasteiger partial charge >= 0.3 is 0 Å². The maximum Gasteiger partial charge on any atom is 0.191 e. The maximum absolute atomic E-state index is 11.8. The van der Waals surface area contributed by atoms with Crippen molar-refractivity contribution >= 4 is 50.7 Å². The van der Waals surface area contributed by atoms with Crippen LogP contribution in [0, 0.1) is 6.92 Å². The molecule has 0 aliphatic carbocycles. The van der Waals surface area contributed by atoms with Gasteiger partial charge in [0.2, 0.25) is 0 Å². The molecular weight excluding hydrogens is 465 g/mol. The van der Waals surface area contributed by atoms with Gasteiger partial charge in [0.1, 0.15) is 17.9 Å². The molecule has 146 valence electrons. The molecule has 2 rings (SSSR count). The summed E-state index contributed by atoms with van der Waals surface area (Å²) in [5, 5.41) is 7.33. The molecule has 2 N–H and O–H groups in total. The lowest BCUT2D eigenvalue weighted by Gasteiger charge is -2.24. The molecule has 1 aromatic carbocycles. The van der Waals surface area contributed by atoms with Crippen LogP contribution in [-0.2, 0) is 16.4 Å². The number of benzene rings is 1. The van der Waals surface area contributed by atoms with E-state index in [2.05, 4.69) is 15.6 Å². The molecule has 8 heteroatoms. The third-order valence-corrected chi connectivity index (χ3v) is 6.50. The van der Waals surface area contributed by atoms with Gasteiger partial charge in [-0.2, -0.15) is 0 Å². The van der Waals surface area contributed by atoms with Crippen molar-refractivity contribution in [3.05, 3.63) is 35.6 Å². The molecular formula is C18H28IN3O3S. The predicted octanol–water partition coefficient (Wildman–Crippen LogP) is 3.24. The summed E-state index contributed by atoms with van der Waals surface area (Å²) in [4.78, 5) is 4.53. The molecule has 0 bridgehead atoms. The predicted molar refractivity (Wildman–Crippen MR) is 118 cm³/mol. The lowest BCUT2D eigenvalue weighted by molar-refractivity contribution is 0.539. The molecule has 0 amide bonds. The van der Waals surface area contributed by atoms with Gasteiger partial charge < -0.3 is 15.1 Å². The number of halogens is 1. The Morgan fingerprint density at radius 1 is 1.23 bits per heavy atom. The fourth-order valence-electron chi connectivity index (χ4n) is 2.30. The largest absolute Gasteiger partial charge is 0.459 e. The minimum atomic E-state index is -3.17. The van der Waals surface area contributed by atoms with Crippen molar-refractivity contribution < 1.29 is 12.8 Å². The topological polar surface area (TPSA) is 83.7 Å². The number of furan rings is 1. The Morgan fingerprint density at radius 2 is 1.88 bits per heavy atom. The first kappa shape index (κ1) is 22.8. The second-order valence-electron chi connectivity index (χ2n) is 6.73. The quantitative estimate of drug-likeness (QED) is 0.367. The normalized spacial score (nSPS) is 12.7. The van der Waals surface area contributed by atoms with E-state index < -0.39 is 14.6 Å². The van der Waals surface area contributed by atoms with Crippen LogP contribution in [0.1, 0.15) is 32.1 Å². The highest BCUT2D eigenvalue weighted by molar-refractivity contribution is 14.0. The minimum absolute atomic E-state index is 0. The molecule has 0 saturated heterocycles. The molecule has 0 atom stereocenters. The Hall–Kier alpha value is -1.29. The summed E-state index contributed by atoms with van der Waals surface area (Å²) in [5.41, 5.74) is 1.92. The number of aryl methyl sites for hydroxylation is 1. The van der Waals surface area contributed by atoms with Crippen molar-refractivity contribution in [1.29, 1.82) is 0 Å². The van der Waals surface area contributed by atoms with Crippen molar-refractivity contribution in [3.8, 4) is 0 Å². The van der Waals surface area contributed by atoms with Crippen LogP contribution in [0.4, 0.5) is 0 Å². The van der Waals surface area contributed by atoms with Gasteiger partial charge in [-0.3, -0.25) is 0 Å². The van der Waals surface area contributed by atoms with Crippen LogP contribution in [0.25, 0.3) is 11.0 Å². The zero-order chi connectivity index (χ0) is 18.7. The van der Waals surface area contributed by atoms with Crippen molar-refractivity contribution in [2.45, 2.75) is 39.0 Å². The monoisotopic (exact) mass is 493 g/mol. The second-order valence-corrected chi connectivity index (χ2v) is 9.38. The smallest absolute Gasteiger partial charge is 0.191 e. The van der Waals surface area contributed by atoms with Crippen LogP contribution in [-0.4, -0.2) is 38.5 Å². The molecule has 26 heavy (non-hydrogen) atoms. The van der Waals surface area contributed by atoms with Crippen LogP contribution in [0.2, 0.25) is 0 Å². The van der Waals surface area contributed by atoms with Gasteiger partial charge in [-0.1, -0.05) is 18.2 Å². The molecule has 0 aliphatic rings. The highest BCUT2D eigenvalue weighted by atomic mass is 127. The number of rotatable bonds is 6. The van der Waals surface area contributed by atoms with E-state index in [-0.39, 0.29) is 30.5 Å². The highest BCUT2D eigenvalue weighted by Gasteiger charge is 2.30. The zero-order valence-corrected chi connectivity index (χ0v) is 19.1. The summed E-state index contributed by atoms with van der Waals surface area (Å²) in [5.74, 6) is 1.37. The second kappa shape index (κ2) is 9.07. The molecule has 0 spiro atoms. The Labute approximate surface area is 172 Å². The first-order valence-electron chi connectivity index (χ1n) is 8.34. The van der Waals surface area contributed by atoms with Crippen LogP contribution in [0.5, 0.6) is 0 Å². The third-order valence-electron chi connectivity index (χ3n) is 4.35. The number of para-hydroxylation sites is 1. The van der Waals surface area contributed by atoms with E-state index >= 15 is 0 Å². The number of hydrogen-bond acceptors (Lipinski definition) is 4. The summed E-state index contributed by atoms with van der Waals surface area (Å²) in [6, 6.07) is 7.89. The SMILES string of the molecule is CCNC(=NCc1oc2ccccc2c1C)NCC(C)(C)S(C)(=O)=O.I. The van der Waals surface area contributed by atoms with E-state index in [1.807, 2.05) is 38.1 Å². The number of sulfone groups is 1. The molecule has 0 unspecified atom stereocenters. The van der Waals surface area contributed by atoms with E-state index in [4.69, 9.17) is 4.42 Å². The van der Waals surface area contributed by atoms with Gasteiger partial charge in [0.15, 0.2) is 15.8 Å². The van der Waals surface area contributed by atoms with Crippen LogP contribution in [0.3, 0.4) is 0 Å². The molecule has 1 heterocycles. The molecule has 0 aliphatic heterocycles. The van der Waals surface area contributed by atoms with Gasteiger partial charge in [-0.05, 0) is 33.8 Å². The minimum Gasteiger partial charge on any atom is -0.459 e. The Balaban J connectivity index is 0.00000338. The number of nitrogens with zero attached hydrogens (tertiary/aromatic N) is 1. The summed E-state index contributed by atoms with van der Waals surface area (Å²) in [6.45, 7) is 8.72. The standard InChI is InChI=1S/C18H27N3O3S.HI/c1-6-19-17(21-12-18(3,4)25(5,22)23)20-11-16-13(2)14-9-7-8-10-15(14)24-16;/h7-10H,6,11-12H2,1-5H3,(H2,19,20,21);1H. The zero-order valence-electron chi connectivity index (χ0n) is 15.9. The van der Waals surface area contributed by atoms with E-state index in [0.29, 0.717) is 19.0 Å². The number of fused-ring (bicyclic) bond motifs is 1. The van der Waals surface area contributed by atoms with E-state index in [1.165, 1.54) is 6.26 Å². The van der Waals surface area contributed by atoms with Crippen molar-refractivity contribution in [1.82, 2.24) is 10.6 Å². The van der Waals surface area contributed by atoms with E-state index in [9.17, 15) is 8.42 Å². The van der Waals surface area contributed by atoms with Gasteiger partial charge in [-0.25, -0.2) is 13.4 Å². The van der Waals surface area contributed by atoms with Crippen LogP contribution in [0.15, 0.2) is 33.7 Å². The summed E-state index contributed by atoms with van der Waals surface area (Å²) < 4.78 is 28.7. The molecule has 2 aromatic rings. The van der Waals surface area contributed by atoms with Gasteiger partial charge in [-0.15, -0.1) is 24.0 Å². The number of aliphatic imine (C=N–C) groups is 1. The third kappa shape index (κ3) is 5.35. The molecule has 0 saturated carbocycles. The molecule has 0 fully saturated rings. The number of hydrogen-bond donors (Lipinski definition) is 2. The lowest BCUT2D eigenvalue weighted by atomic mass is 10.1. The first-order valence-corrected chi connectivity index (χ1v) is 10.2. The molecule has 0 radical (unpaired) electrons. The Morgan fingerprint density at radius 3 is 2.46 bits per heavy atom. The van der Waals surface area contributed by atoms with Gasteiger partial charge in [0.25, 0.3) is 0 Å². The lowest BCUT2D eigenvalue weighted by Crippen LogP contribution is -2.47. The molecule has 6 nitrogen and oxygen atoms in total. The average Bonchev–Trinajstić information content (AvgIpc) is 2.86. The van der Waals surface area contributed by atoms with Crippen molar-refractivity contribution in [2.24, 2.45) is 4.99 Å². The average molecular weight is 493 g/mol. The first-order chi connectivity index (χ1) is 11.7. The Bertz CT molecular complexity index is 873. The van der Waals surface area contributed by atoms with Gasteiger partial charge in [0.05, 0.1) is 4.75 Å². The number of guanidine groups is 1. The Kier molecular flexibility index (Phi) is 7.94.